The van der Waals surface area contributed by atoms with Crippen LogP contribution in [-0.2, 0) is 14.8 Å². The maximum absolute atomic E-state index is 13.1. The predicted octanol–water partition coefficient (Wildman–Crippen LogP) is 5.56. The van der Waals surface area contributed by atoms with Crippen molar-refractivity contribution in [2.24, 2.45) is 0 Å². The standard InChI is InChI=1S/C27H22ClFN2O4S/c28-24-17-23(36(33,34)31-22-13-11-21(29)12-14-22)15-16-25(24)35-18-26(32)30-27(19-7-3-1-4-8-19)20-9-5-2-6-10-20/h1-17,27,31H,18H2,(H,30,32). The first-order valence-electron chi connectivity index (χ1n) is 10.9. The third-order valence-electron chi connectivity index (χ3n) is 5.24. The maximum Gasteiger partial charge on any atom is 0.261 e. The van der Waals surface area contributed by atoms with Crippen molar-refractivity contribution in [3.8, 4) is 5.75 Å². The fraction of sp³-hybridized carbons (Fsp3) is 0.0741. The molecule has 0 aliphatic rings. The molecule has 6 nitrogen and oxygen atoms in total. The molecule has 0 spiro atoms. The molecule has 0 atom stereocenters. The third-order valence-corrected chi connectivity index (χ3v) is 6.91. The lowest BCUT2D eigenvalue weighted by molar-refractivity contribution is -0.123. The van der Waals surface area contributed by atoms with Gasteiger partial charge in [0.05, 0.1) is 16.0 Å². The molecule has 0 bridgehead atoms. The van der Waals surface area contributed by atoms with Crippen molar-refractivity contribution in [3.63, 3.8) is 0 Å². The molecular formula is C27H22ClFN2O4S. The topological polar surface area (TPSA) is 84.5 Å². The normalized spacial score (nSPS) is 11.2. The molecule has 0 radical (unpaired) electrons. The highest BCUT2D eigenvalue weighted by molar-refractivity contribution is 7.92. The van der Waals surface area contributed by atoms with Gasteiger partial charge in [0, 0.05) is 5.69 Å². The molecule has 184 valence electrons. The molecule has 4 aromatic rings. The number of rotatable bonds is 9. The van der Waals surface area contributed by atoms with Crippen molar-refractivity contribution in [1.29, 1.82) is 0 Å². The van der Waals surface area contributed by atoms with Gasteiger partial charge in [-0.2, -0.15) is 0 Å². The SMILES string of the molecule is O=C(COc1ccc(S(=O)(=O)Nc2ccc(F)cc2)cc1Cl)NC(c1ccccc1)c1ccccc1. The Kier molecular flexibility index (Phi) is 7.87. The Morgan fingerprint density at radius 2 is 1.44 bits per heavy atom. The van der Waals surface area contributed by atoms with E-state index in [0.717, 1.165) is 23.3 Å². The van der Waals surface area contributed by atoms with E-state index in [1.807, 2.05) is 60.7 Å². The van der Waals surface area contributed by atoms with Gasteiger partial charge in [-0.3, -0.25) is 9.52 Å². The minimum Gasteiger partial charge on any atom is -0.482 e. The number of ether oxygens (including phenoxy) is 1. The Morgan fingerprint density at radius 1 is 0.861 bits per heavy atom. The van der Waals surface area contributed by atoms with Crippen molar-refractivity contribution >= 4 is 33.2 Å². The van der Waals surface area contributed by atoms with Crippen LogP contribution in [0.2, 0.25) is 5.02 Å². The summed E-state index contributed by atoms with van der Waals surface area (Å²) in [6, 6.07) is 27.5. The van der Waals surface area contributed by atoms with Crippen LogP contribution in [0.1, 0.15) is 17.2 Å². The molecule has 0 unspecified atom stereocenters. The molecule has 36 heavy (non-hydrogen) atoms. The van der Waals surface area contributed by atoms with Gasteiger partial charge in [-0.25, -0.2) is 12.8 Å². The molecular weight excluding hydrogens is 503 g/mol. The van der Waals surface area contributed by atoms with Gasteiger partial charge in [0.15, 0.2) is 6.61 Å². The van der Waals surface area contributed by atoms with E-state index in [1.165, 1.54) is 30.3 Å². The fourth-order valence-electron chi connectivity index (χ4n) is 3.49. The number of anilines is 1. The summed E-state index contributed by atoms with van der Waals surface area (Å²) in [7, 11) is -3.97. The molecule has 0 heterocycles. The van der Waals surface area contributed by atoms with Crippen LogP contribution in [0.5, 0.6) is 5.75 Å². The monoisotopic (exact) mass is 524 g/mol. The van der Waals surface area contributed by atoms with Gasteiger partial charge in [-0.05, 0) is 53.6 Å². The van der Waals surface area contributed by atoms with E-state index in [0.29, 0.717) is 0 Å². The van der Waals surface area contributed by atoms with E-state index in [-0.39, 0.29) is 39.9 Å². The molecule has 9 heteroatoms. The Labute approximate surface area is 213 Å². The molecule has 0 saturated carbocycles. The smallest absolute Gasteiger partial charge is 0.261 e. The highest BCUT2D eigenvalue weighted by Gasteiger charge is 2.19. The first-order chi connectivity index (χ1) is 17.3. The fourth-order valence-corrected chi connectivity index (χ4v) is 4.88. The molecule has 2 N–H and O–H groups in total. The second kappa shape index (κ2) is 11.2. The van der Waals surface area contributed by atoms with Crippen molar-refractivity contribution < 1.29 is 22.3 Å². The van der Waals surface area contributed by atoms with Gasteiger partial charge >= 0.3 is 0 Å². The van der Waals surface area contributed by atoms with Crippen LogP contribution < -0.4 is 14.8 Å². The highest BCUT2D eigenvalue weighted by atomic mass is 35.5. The molecule has 4 aromatic carbocycles. The van der Waals surface area contributed by atoms with Gasteiger partial charge < -0.3 is 10.1 Å². The van der Waals surface area contributed by atoms with E-state index in [9.17, 15) is 17.6 Å². The van der Waals surface area contributed by atoms with Crippen molar-refractivity contribution in [1.82, 2.24) is 5.32 Å². The zero-order valence-electron chi connectivity index (χ0n) is 18.9. The number of carbonyl (C=O) groups is 1. The molecule has 0 aliphatic carbocycles. The quantitative estimate of drug-likeness (QED) is 0.300. The van der Waals surface area contributed by atoms with E-state index in [1.54, 1.807) is 0 Å². The minimum absolute atomic E-state index is 0.0208. The summed E-state index contributed by atoms with van der Waals surface area (Å²) in [4.78, 5) is 12.6. The van der Waals surface area contributed by atoms with Gasteiger partial charge in [-0.1, -0.05) is 72.3 Å². The van der Waals surface area contributed by atoms with Crippen molar-refractivity contribution in [2.75, 3.05) is 11.3 Å². The van der Waals surface area contributed by atoms with Gasteiger partial charge in [0.2, 0.25) is 0 Å². The number of halogens is 2. The lowest BCUT2D eigenvalue weighted by atomic mass is 9.99. The van der Waals surface area contributed by atoms with E-state index >= 15 is 0 Å². The minimum atomic E-state index is -3.97. The molecule has 0 aliphatic heterocycles. The molecule has 4 rings (SSSR count). The van der Waals surface area contributed by atoms with Crippen LogP contribution in [0.4, 0.5) is 10.1 Å². The average Bonchev–Trinajstić information content (AvgIpc) is 2.89. The summed E-state index contributed by atoms with van der Waals surface area (Å²) < 4.78 is 46.3. The van der Waals surface area contributed by atoms with Crippen molar-refractivity contribution in [3.05, 3.63) is 125 Å². The second-order valence-electron chi connectivity index (χ2n) is 7.82. The molecule has 0 saturated heterocycles. The Hall–Kier alpha value is -3.88. The van der Waals surface area contributed by atoms with Gasteiger partial charge in [0.25, 0.3) is 15.9 Å². The van der Waals surface area contributed by atoms with Crippen LogP contribution >= 0.6 is 11.6 Å². The lowest BCUT2D eigenvalue weighted by Crippen LogP contribution is -2.33. The zero-order valence-corrected chi connectivity index (χ0v) is 20.5. The average molecular weight is 525 g/mol. The number of amides is 1. The van der Waals surface area contributed by atoms with E-state index < -0.39 is 15.8 Å². The summed E-state index contributed by atoms with van der Waals surface area (Å²) in [6.45, 7) is -0.324. The van der Waals surface area contributed by atoms with Crippen LogP contribution in [0.15, 0.2) is 108 Å². The first-order valence-corrected chi connectivity index (χ1v) is 12.8. The van der Waals surface area contributed by atoms with E-state index in [2.05, 4.69) is 10.0 Å². The molecule has 0 aromatic heterocycles. The largest absolute Gasteiger partial charge is 0.482 e. The van der Waals surface area contributed by atoms with Gasteiger partial charge in [-0.15, -0.1) is 0 Å². The summed E-state index contributed by atoms with van der Waals surface area (Å²) in [5, 5.41) is 2.99. The Balaban J connectivity index is 1.42. The van der Waals surface area contributed by atoms with Crippen molar-refractivity contribution in [2.45, 2.75) is 10.9 Å². The third kappa shape index (κ3) is 6.41. The number of hydrogen-bond acceptors (Lipinski definition) is 4. The second-order valence-corrected chi connectivity index (χ2v) is 9.90. The lowest BCUT2D eigenvalue weighted by Gasteiger charge is -2.20. The number of sulfonamides is 1. The number of nitrogens with one attached hydrogen (secondary N) is 2. The first kappa shape index (κ1) is 25.2. The Bertz CT molecular complexity index is 1390. The summed E-state index contributed by atoms with van der Waals surface area (Å²) in [5.74, 6) is -0.702. The number of carbonyl (C=O) groups excluding carboxylic acids is 1. The Morgan fingerprint density at radius 3 is 2.00 bits per heavy atom. The summed E-state index contributed by atoms with van der Waals surface area (Å²) >= 11 is 6.24. The van der Waals surface area contributed by atoms with Crippen LogP contribution in [-0.4, -0.2) is 20.9 Å². The molecule has 1 amide bonds. The highest BCUT2D eigenvalue weighted by Crippen LogP contribution is 2.28. The number of hydrogen-bond donors (Lipinski definition) is 2. The maximum atomic E-state index is 13.1. The van der Waals surface area contributed by atoms with Crippen LogP contribution in [0, 0.1) is 5.82 Å². The van der Waals surface area contributed by atoms with Gasteiger partial charge in [0.1, 0.15) is 11.6 Å². The number of benzene rings is 4. The summed E-state index contributed by atoms with van der Waals surface area (Å²) in [5.41, 5.74) is 2.03. The predicted molar refractivity (Wildman–Crippen MR) is 137 cm³/mol. The zero-order chi connectivity index (χ0) is 25.5. The summed E-state index contributed by atoms with van der Waals surface area (Å²) in [6.07, 6.45) is 0. The van der Waals surface area contributed by atoms with Crippen LogP contribution in [0.25, 0.3) is 0 Å². The molecule has 0 fully saturated rings. The van der Waals surface area contributed by atoms with E-state index in [4.69, 9.17) is 16.3 Å². The van der Waals surface area contributed by atoms with Crippen LogP contribution in [0.3, 0.4) is 0 Å².